The largest absolute Gasteiger partial charge is 0.460 e. The average molecular weight is 478 g/mol. The number of carbonyl (C=O) groups is 2. The summed E-state index contributed by atoms with van der Waals surface area (Å²) in [6.07, 6.45) is 5.43. The van der Waals surface area contributed by atoms with E-state index < -0.39 is 5.97 Å². The van der Waals surface area contributed by atoms with Crippen molar-refractivity contribution in [2.24, 2.45) is 0 Å². The predicted octanol–water partition coefficient (Wildman–Crippen LogP) is 5.63. The van der Waals surface area contributed by atoms with Gasteiger partial charge in [0.1, 0.15) is 6.61 Å². The Balaban J connectivity index is 1.23. The molecule has 1 N–H and O–H groups in total. The number of ether oxygens (including phenoxy) is 1. The van der Waals surface area contributed by atoms with E-state index in [1.54, 1.807) is 17.0 Å². The van der Waals surface area contributed by atoms with Crippen molar-refractivity contribution in [3.05, 3.63) is 108 Å². The van der Waals surface area contributed by atoms with Crippen LogP contribution in [0.15, 0.2) is 91.3 Å². The van der Waals surface area contributed by atoms with E-state index in [4.69, 9.17) is 4.74 Å². The van der Waals surface area contributed by atoms with Gasteiger partial charge in [0.05, 0.1) is 16.6 Å². The maximum absolute atomic E-state index is 13.5. The molecule has 1 unspecified atom stereocenters. The molecule has 3 aromatic carbocycles. The summed E-state index contributed by atoms with van der Waals surface area (Å²) in [6, 6.07) is 25.7. The van der Waals surface area contributed by atoms with Gasteiger partial charge in [0, 0.05) is 41.3 Å². The Morgan fingerprint density at radius 1 is 0.889 bits per heavy atom. The monoisotopic (exact) mass is 477 g/mol. The number of aromatic amines is 1. The van der Waals surface area contributed by atoms with Crippen LogP contribution in [0.2, 0.25) is 0 Å². The molecule has 0 aliphatic carbocycles. The van der Waals surface area contributed by atoms with Crippen LogP contribution in [0, 0.1) is 0 Å². The molecule has 3 heterocycles. The van der Waals surface area contributed by atoms with Crippen molar-refractivity contribution in [3.8, 4) is 0 Å². The number of aromatic nitrogens is 2. The molecule has 1 aliphatic heterocycles. The predicted molar refractivity (Wildman–Crippen MR) is 140 cm³/mol. The normalized spacial score (nSPS) is 16.1. The fraction of sp³-hybridized carbons (Fsp3) is 0.200. The molecule has 0 saturated carbocycles. The summed E-state index contributed by atoms with van der Waals surface area (Å²) in [5, 5.41) is 1.56. The van der Waals surface area contributed by atoms with E-state index in [0.717, 1.165) is 36.8 Å². The van der Waals surface area contributed by atoms with Crippen LogP contribution in [0.1, 0.15) is 39.1 Å². The van der Waals surface area contributed by atoms with Crippen molar-refractivity contribution in [2.45, 2.75) is 25.4 Å². The molecule has 6 nitrogen and oxygen atoms in total. The molecule has 0 bridgehead atoms. The minimum Gasteiger partial charge on any atom is -0.460 e. The Morgan fingerprint density at radius 3 is 2.50 bits per heavy atom. The lowest BCUT2D eigenvalue weighted by molar-refractivity contribution is 0.0393. The van der Waals surface area contributed by atoms with Gasteiger partial charge in [-0.2, -0.15) is 0 Å². The molecule has 1 fully saturated rings. The number of benzene rings is 3. The number of esters is 1. The van der Waals surface area contributed by atoms with Crippen molar-refractivity contribution in [1.82, 2.24) is 14.5 Å². The molecule has 0 radical (unpaired) electrons. The lowest BCUT2D eigenvalue weighted by Gasteiger charge is -2.24. The minimum absolute atomic E-state index is 0.187. The molecule has 36 heavy (non-hydrogen) atoms. The van der Waals surface area contributed by atoms with Gasteiger partial charge in [-0.05, 0) is 37.1 Å². The Morgan fingerprint density at radius 2 is 1.64 bits per heavy atom. The Kier molecular flexibility index (Phi) is 5.87. The molecule has 0 spiro atoms. The van der Waals surface area contributed by atoms with E-state index >= 15 is 0 Å². The van der Waals surface area contributed by atoms with E-state index in [1.807, 2.05) is 66.7 Å². The highest BCUT2D eigenvalue weighted by atomic mass is 16.5. The number of nitrogens with zero attached hydrogens (tertiary/aromatic N) is 2. The number of likely N-dealkylation sites (tertiary alicyclic amines) is 1. The van der Waals surface area contributed by atoms with E-state index in [9.17, 15) is 9.59 Å². The fourth-order valence-corrected chi connectivity index (χ4v) is 5.25. The first-order chi connectivity index (χ1) is 17.7. The van der Waals surface area contributed by atoms with Gasteiger partial charge in [0.25, 0.3) is 5.91 Å². The fourth-order valence-electron chi connectivity index (χ4n) is 5.25. The zero-order valence-corrected chi connectivity index (χ0v) is 19.9. The van der Waals surface area contributed by atoms with Crippen molar-refractivity contribution in [3.63, 3.8) is 0 Å². The van der Waals surface area contributed by atoms with E-state index in [0.29, 0.717) is 28.6 Å². The molecule has 0 amide bonds. The second kappa shape index (κ2) is 9.47. The lowest BCUT2D eigenvalue weighted by Crippen LogP contribution is -2.33. The van der Waals surface area contributed by atoms with Gasteiger partial charge >= 0.3 is 5.97 Å². The van der Waals surface area contributed by atoms with Gasteiger partial charge in [-0.3, -0.25) is 14.3 Å². The SMILES string of the molecule is O=C(OCC1CCCN1Cc1ccccc1)c1cn(C(=O)c2c[nH]c3ccccc23)c2ccccc12. The minimum atomic E-state index is -0.400. The highest BCUT2D eigenvalue weighted by Gasteiger charge is 2.27. The first-order valence-corrected chi connectivity index (χ1v) is 12.3. The third-order valence-electron chi connectivity index (χ3n) is 7.10. The summed E-state index contributed by atoms with van der Waals surface area (Å²) in [4.78, 5) is 32.3. The summed E-state index contributed by atoms with van der Waals surface area (Å²) < 4.78 is 7.39. The van der Waals surface area contributed by atoms with Crippen molar-refractivity contribution < 1.29 is 14.3 Å². The van der Waals surface area contributed by atoms with Crippen LogP contribution in [0.3, 0.4) is 0 Å². The van der Waals surface area contributed by atoms with E-state index in [1.165, 1.54) is 5.56 Å². The number of hydrogen-bond acceptors (Lipinski definition) is 4. The van der Waals surface area contributed by atoms with Gasteiger partial charge in [-0.1, -0.05) is 66.7 Å². The zero-order chi connectivity index (χ0) is 24.5. The highest BCUT2D eigenvalue weighted by Crippen LogP contribution is 2.27. The zero-order valence-electron chi connectivity index (χ0n) is 19.9. The van der Waals surface area contributed by atoms with Crippen molar-refractivity contribution in [1.29, 1.82) is 0 Å². The molecule has 1 saturated heterocycles. The van der Waals surface area contributed by atoms with Crippen molar-refractivity contribution in [2.75, 3.05) is 13.2 Å². The summed E-state index contributed by atoms with van der Waals surface area (Å²) in [5.74, 6) is -0.587. The molecule has 2 aromatic heterocycles. The van der Waals surface area contributed by atoms with Gasteiger partial charge in [-0.15, -0.1) is 0 Å². The molecule has 1 atom stereocenters. The number of H-pyrrole nitrogens is 1. The molecule has 180 valence electrons. The average Bonchev–Trinajstić information content (AvgIpc) is 3.64. The maximum atomic E-state index is 13.5. The number of hydrogen-bond donors (Lipinski definition) is 1. The summed E-state index contributed by atoms with van der Waals surface area (Å²) >= 11 is 0. The molecule has 6 heteroatoms. The van der Waals surface area contributed by atoms with Gasteiger partial charge in [0.2, 0.25) is 0 Å². The van der Waals surface area contributed by atoms with Crippen LogP contribution < -0.4 is 0 Å². The third kappa shape index (κ3) is 4.10. The van der Waals surface area contributed by atoms with Crippen molar-refractivity contribution >= 4 is 33.7 Å². The van der Waals surface area contributed by atoms with E-state index in [2.05, 4.69) is 22.0 Å². The second-order valence-corrected chi connectivity index (χ2v) is 9.33. The summed E-state index contributed by atoms with van der Waals surface area (Å²) in [7, 11) is 0. The Labute approximate surface area is 209 Å². The number of carbonyl (C=O) groups excluding carboxylic acids is 2. The van der Waals surface area contributed by atoms with Crippen LogP contribution in [0.4, 0.5) is 0 Å². The standard InChI is InChI=1S/C30H27N3O3/c34-29(25-17-31-27-14-6-4-12-23(25)27)33-19-26(24-13-5-7-15-28(24)33)30(35)36-20-22-11-8-16-32(22)18-21-9-2-1-3-10-21/h1-7,9-10,12-15,17,19,22,31H,8,11,16,18,20H2. The van der Waals surface area contributed by atoms with Gasteiger partial charge < -0.3 is 9.72 Å². The van der Waals surface area contributed by atoms with Crippen LogP contribution in [0.25, 0.3) is 21.8 Å². The van der Waals surface area contributed by atoms with Crippen LogP contribution in [-0.4, -0.2) is 45.5 Å². The molecular weight excluding hydrogens is 450 g/mol. The first kappa shape index (κ1) is 22.3. The van der Waals surface area contributed by atoms with E-state index in [-0.39, 0.29) is 11.9 Å². The summed E-state index contributed by atoms with van der Waals surface area (Å²) in [6.45, 7) is 2.18. The molecule has 6 rings (SSSR count). The number of para-hydroxylation sites is 2. The molecule has 1 aliphatic rings. The van der Waals surface area contributed by atoms with Gasteiger partial charge in [-0.25, -0.2) is 4.79 Å². The number of fused-ring (bicyclic) bond motifs is 2. The number of rotatable bonds is 6. The van der Waals surface area contributed by atoms with Gasteiger partial charge in [0.15, 0.2) is 0 Å². The highest BCUT2D eigenvalue weighted by molar-refractivity contribution is 6.13. The molecule has 5 aromatic rings. The second-order valence-electron chi connectivity index (χ2n) is 9.33. The van der Waals surface area contributed by atoms with Crippen LogP contribution in [0.5, 0.6) is 0 Å². The third-order valence-corrected chi connectivity index (χ3v) is 7.10. The quantitative estimate of drug-likeness (QED) is 0.322. The summed E-state index contributed by atoms with van der Waals surface area (Å²) in [5.41, 5.74) is 3.81. The van der Waals surface area contributed by atoms with Crippen LogP contribution >= 0.6 is 0 Å². The Hall–Kier alpha value is -4.16. The maximum Gasteiger partial charge on any atom is 0.340 e. The molecular formula is C30H27N3O3. The lowest BCUT2D eigenvalue weighted by atomic mass is 10.1. The van der Waals surface area contributed by atoms with Crippen LogP contribution in [-0.2, 0) is 11.3 Å². The Bertz CT molecular complexity index is 1550. The topological polar surface area (TPSA) is 67.3 Å². The number of nitrogens with one attached hydrogen (secondary N) is 1. The first-order valence-electron chi connectivity index (χ1n) is 12.3. The smallest absolute Gasteiger partial charge is 0.340 e.